The summed E-state index contributed by atoms with van der Waals surface area (Å²) in [7, 11) is 0. The van der Waals surface area contributed by atoms with E-state index in [1.807, 2.05) is 0 Å². The van der Waals surface area contributed by atoms with Crippen LogP contribution in [0.15, 0.2) is 6.33 Å². The van der Waals surface area contributed by atoms with Crippen LogP contribution in [0.25, 0.3) is 0 Å². The molecule has 20 heavy (non-hydrogen) atoms. The van der Waals surface area contributed by atoms with Gasteiger partial charge in [-0.2, -0.15) is 5.10 Å². The number of nitrogens with zero attached hydrogens (tertiary/aromatic N) is 4. The van der Waals surface area contributed by atoms with E-state index in [2.05, 4.69) is 52.7 Å². The molecule has 2 rings (SSSR count). The molecule has 5 nitrogen and oxygen atoms in total. The van der Waals surface area contributed by atoms with Gasteiger partial charge in [-0.1, -0.05) is 27.7 Å². The van der Waals surface area contributed by atoms with Crippen LogP contribution in [0.3, 0.4) is 0 Å². The fourth-order valence-electron chi connectivity index (χ4n) is 2.89. The first kappa shape index (κ1) is 15.4. The molecule has 0 radical (unpaired) electrons. The molecule has 0 saturated carbocycles. The van der Waals surface area contributed by atoms with Gasteiger partial charge in [-0.15, -0.1) is 0 Å². The van der Waals surface area contributed by atoms with E-state index < -0.39 is 0 Å². The van der Waals surface area contributed by atoms with E-state index in [4.69, 9.17) is 0 Å². The molecule has 5 heteroatoms. The van der Waals surface area contributed by atoms with Crippen LogP contribution in [0.5, 0.6) is 0 Å². The lowest BCUT2D eigenvalue weighted by atomic mass is 10.1. The van der Waals surface area contributed by atoms with E-state index in [9.17, 15) is 0 Å². The molecule has 1 N–H and O–H groups in total. The summed E-state index contributed by atoms with van der Waals surface area (Å²) in [6.07, 6.45) is 4.06. The predicted octanol–water partition coefficient (Wildman–Crippen LogP) is 1.90. The van der Waals surface area contributed by atoms with Gasteiger partial charge >= 0.3 is 0 Å². The average molecular weight is 279 g/mol. The molecule has 2 atom stereocenters. The minimum Gasteiger partial charge on any atom is -0.311 e. The van der Waals surface area contributed by atoms with Crippen molar-refractivity contribution in [2.24, 2.45) is 5.92 Å². The lowest BCUT2D eigenvalue weighted by molar-refractivity contribution is 0.112. The number of nitrogens with one attached hydrogen (secondary N) is 1. The third-order valence-electron chi connectivity index (χ3n) is 4.16. The molecule has 0 aromatic carbocycles. The van der Waals surface area contributed by atoms with Crippen LogP contribution in [0.4, 0.5) is 0 Å². The summed E-state index contributed by atoms with van der Waals surface area (Å²) in [5.41, 5.74) is 0. The molecule has 1 aliphatic heterocycles. The topological polar surface area (TPSA) is 46.0 Å². The molecule has 1 saturated heterocycles. The summed E-state index contributed by atoms with van der Waals surface area (Å²) >= 11 is 0. The first-order valence-electron chi connectivity index (χ1n) is 7.98. The van der Waals surface area contributed by atoms with E-state index in [1.54, 1.807) is 6.33 Å². The third-order valence-corrected chi connectivity index (χ3v) is 4.16. The number of hydrogen-bond donors (Lipinski definition) is 1. The second-order valence-corrected chi connectivity index (χ2v) is 6.26. The maximum atomic E-state index is 4.47. The monoisotopic (exact) mass is 279 g/mol. The zero-order valence-corrected chi connectivity index (χ0v) is 13.3. The average Bonchev–Trinajstić information content (AvgIpc) is 2.85. The van der Waals surface area contributed by atoms with Gasteiger partial charge in [0.1, 0.15) is 12.2 Å². The van der Waals surface area contributed by atoms with Crippen molar-refractivity contribution >= 4 is 0 Å². The Morgan fingerprint density at radius 3 is 2.80 bits per heavy atom. The summed E-state index contributed by atoms with van der Waals surface area (Å²) in [6.45, 7) is 13.0. The first-order chi connectivity index (χ1) is 9.63. The van der Waals surface area contributed by atoms with E-state index in [0.717, 1.165) is 32.0 Å². The van der Waals surface area contributed by atoms with E-state index in [0.29, 0.717) is 18.0 Å². The Morgan fingerprint density at radius 2 is 2.15 bits per heavy atom. The van der Waals surface area contributed by atoms with Crippen molar-refractivity contribution in [3.05, 3.63) is 12.2 Å². The molecular formula is C15H29N5. The molecule has 1 fully saturated rings. The van der Waals surface area contributed by atoms with Crippen molar-refractivity contribution in [2.45, 2.75) is 65.7 Å². The Morgan fingerprint density at radius 1 is 1.35 bits per heavy atom. The van der Waals surface area contributed by atoms with Gasteiger partial charge in [0.2, 0.25) is 0 Å². The Bertz CT molecular complexity index is 401. The van der Waals surface area contributed by atoms with Crippen molar-refractivity contribution < 1.29 is 0 Å². The molecular weight excluding hydrogens is 250 g/mol. The molecule has 0 spiro atoms. The molecule has 114 valence electrons. The SMILES string of the molecule is CCC1CN(Cc2ncnn2CC(C)C)C(CC)CN1. The van der Waals surface area contributed by atoms with E-state index in [1.165, 1.54) is 12.8 Å². The first-order valence-corrected chi connectivity index (χ1v) is 7.98. The second-order valence-electron chi connectivity index (χ2n) is 6.26. The number of hydrogen-bond acceptors (Lipinski definition) is 4. The van der Waals surface area contributed by atoms with Crippen molar-refractivity contribution in [1.29, 1.82) is 0 Å². The van der Waals surface area contributed by atoms with Gasteiger partial charge in [-0.25, -0.2) is 9.67 Å². The van der Waals surface area contributed by atoms with Gasteiger partial charge in [-0.3, -0.25) is 4.90 Å². The molecule has 0 aliphatic carbocycles. The number of aromatic nitrogens is 3. The Kier molecular flexibility index (Phi) is 5.54. The maximum Gasteiger partial charge on any atom is 0.141 e. The Labute approximate surface area is 122 Å². The normalized spacial score (nSPS) is 24.4. The Balaban J connectivity index is 2.04. The van der Waals surface area contributed by atoms with Gasteiger partial charge in [-0.05, 0) is 18.8 Å². The van der Waals surface area contributed by atoms with Gasteiger partial charge < -0.3 is 5.32 Å². The lowest BCUT2D eigenvalue weighted by Gasteiger charge is -2.39. The van der Waals surface area contributed by atoms with Crippen LogP contribution in [0.2, 0.25) is 0 Å². The molecule has 1 aliphatic rings. The minimum atomic E-state index is 0.601. The highest BCUT2D eigenvalue weighted by Crippen LogP contribution is 2.15. The van der Waals surface area contributed by atoms with Gasteiger partial charge in [0.15, 0.2) is 0 Å². The van der Waals surface area contributed by atoms with E-state index in [-0.39, 0.29) is 0 Å². The van der Waals surface area contributed by atoms with Crippen LogP contribution < -0.4 is 5.32 Å². The summed E-state index contributed by atoms with van der Waals surface area (Å²) in [5, 5.41) is 8.02. The predicted molar refractivity (Wildman–Crippen MR) is 81.4 cm³/mol. The van der Waals surface area contributed by atoms with Crippen LogP contribution in [-0.2, 0) is 13.1 Å². The molecule has 1 aromatic heterocycles. The molecule has 2 heterocycles. The van der Waals surface area contributed by atoms with Crippen LogP contribution in [0, 0.1) is 5.92 Å². The standard InChI is InChI=1S/C15H29N5/c1-5-13-9-19(14(6-2)7-16-13)10-15-17-11-18-20(15)8-12(3)4/h11-14,16H,5-10H2,1-4H3. The highest BCUT2D eigenvalue weighted by atomic mass is 15.4. The second kappa shape index (κ2) is 7.18. The fraction of sp³-hybridized carbons (Fsp3) is 0.867. The van der Waals surface area contributed by atoms with Crippen LogP contribution >= 0.6 is 0 Å². The van der Waals surface area contributed by atoms with Gasteiger partial charge in [0.05, 0.1) is 6.54 Å². The summed E-state index contributed by atoms with van der Waals surface area (Å²) in [4.78, 5) is 7.05. The zero-order valence-electron chi connectivity index (χ0n) is 13.3. The fourth-order valence-corrected chi connectivity index (χ4v) is 2.89. The van der Waals surface area contributed by atoms with Crippen molar-refractivity contribution in [2.75, 3.05) is 13.1 Å². The highest BCUT2D eigenvalue weighted by Gasteiger charge is 2.26. The maximum absolute atomic E-state index is 4.47. The van der Waals surface area contributed by atoms with E-state index >= 15 is 0 Å². The molecule has 1 aromatic rings. The largest absolute Gasteiger partial charge is 0.311 e. The van der Waals surface area contributed by atoms with Gasteiger partial charge in [0, 0.05) is 31.7 Å². The lowest BCUT2D eigenvalue weighted by Crippen LogP contribution is -2.55. The quantitative estimate of drug-likeness (QED) is 0.864. The summed E-state index contributed by atoms with van der Waals surface area (Å²) in [5.74, 6) is 1.71. The zero-order chi connectivity index (χ0) is 14.5. The molecule has 0 bridgehead atoms. The van der Waals surface area contributed by atoms with Crippen LogP contribution in [0.1, 0.15) is 46.4 Å². The highest BCUT2D eigenvalue weighted by molar-refractivity contribution is 4.91. The molecule has 2 unspecified atom stereocenters. The Hall–Kier alpha value is -0.940. The minimum absolute atomic E-state index is 0.601. The summed E-state index contributed by atoms with van der Waals surface area (Å²) in [6, 6.07) is 1.22. The molecule has 0 amide bonds. The van der Waals surface area contributed by atoms with Crippen molar-refractivity contribution in [3.8, 4) is 0 Å². The van der Waals surface area contributed by atoms with Crippen molar-refractivity contribution in [3.63, 3.8) is 0 Å². The summed E-state index contributed by atoms with van der Waals surface area (Å²) < 4.78 is 2.07. The third kappa shape index (κ3) is 3.79. The smallest absolute Gasteiger partial charge is 0.141 e. The van der Waals surface area contributed by atoms with Crippen molar-refractivity contribution in [1.82, 2.24) is 25.0 Å². The van der Waals surface area contributed by atoms with Gasteiger partial charge in [0.25, 0.3) is 0 Å². The number of rotatable bonds is 6. The number of piperazine rings is 1. The van der Waals surface area contributed by atoms with Crippen LogP contribution in [-0.4, -0.2) is 44.8 Å².